The molecule has 0 amide bonds. The first-order valence-corrected chi connectivity index (χ1v) is 8.33. The minimum atomic E-state index is 0.676. The number of nitrogens with one attached hydrogen (secondary N) is 1. The predicted molar refractivity (Wildman–Crippen MR) is 99.7 cm³/mol. The lowest BCUT2D eigenvalue weighted by molar-refractivity contribution is 0.926. The third-order valence-corrected chi connectivity index (χ3v) is 4.54. The molecule has 3 aromatic heterocycles. The SMILES string of the molecule is Cc1c(Cl)cccc1-c1cc(NCc2ccncc2)n2nccc2n1. The molecule has 0 spiro atoms. The first-order chi connectivity index (χ1) is 12.2. The lowest BCUT2D eigenvalue weighted by atomic mass is 10.1. The van der Waals surface area contributed by atoms with Crippen LogP contribution in [-0.4, -0.2) is 19.6 Å². The van der Waals surface area contributed by atoms with Crippen molar-refractivity contribution in [2.75, 3.05) is 5.32 Å². The molecule has 0 atom stereocenters. The Morgan fingerprint density at radius 3 is 2.76 bits per heavy atom. The number of hydrogen-bond donors (Lipinski definition) is 1. The van der Waals surface area contributed by atoms with E-state index in [0.717, 1.165) is 38.9 Å². The van der Waals surface area contributed by atoms with Gasteiger partial charge in [0.15, 0.2) is 5.65 Å². The van der Waals surface area contributed by atoms with E-state index in [2.05, 4.69) is 15.4 Å². The van der Waals surface area contributed by atoms with Crippen LogP contribution >= 0.6 is 11.6 Å². The second-order valence-corrected chi connectivity index (χ2v) is 6.16. The highest BCUT2D eigenvalue weighted by atomic mass is 35.5. The number of aromatic nitrogens is 4. The highest BCUT2D eigenvalue weighted by molar-refractivity contribution is 6.31. The van der Waals surface area contributed by atoms with Crippen molar-refractivity contribution in [3.05, 3.63) is 77.2 Å². The second-order valence-electron chi connectivity index (χ2n) is 5.75. The first-order valence-electron chi connectivity index (χ1n) is 7.95. The van der Waals surface area contributed by atoms with Gasteiger partial charge in [-0.05, 0) is 36.2 Å². The molecule has 0 aliphatic carbocycles. The van der Waals surface area contributed by atoms with Crippen LogP contribution in [0.25, 0.3) is 16.9 Å². The van der Waals surface area contributed by atoms with Gasteiger partial charge in [-0.1, -0.05) is 23.7 Å². The summed E-state index contributed by atoms with van der Waals surface area (Å²) >= 11 is 6.27. The molecule has 124 valence electrons. The van der Waals surface area contributed by atoms with Crippen molar-refractivity contribution in [3.8, 4) is 11.3 Å². The second kappa shape index (κ2) is 6.53. The van der Waals surface area contributed by atoms with Gasteiger partial charge in [0.1, 0.15) is 5.82 Å². The predicted octanol–water partition coefficient (Wildman–Crippen LogP) is 4.37. The van der Waals surface area contributed by atoms with E-state index in [1.807, 2.05) is 49.4 Å². The van der Waals surface area contributed by atoms with Gasteiger partial charge in [-0.2, -0.15) is 9.61 Å². The Balaban J connectivity index is 1.76. The molecule has 6 heteroatoms. The molecule has 0 fully saturated rings. The number of anilines is 1. The summed E-state index contributed by atoms with van der Waals surface area (Å²) in [6.07, 6.45) is 5.32. The van der Waals surface area contributed by atoms with Crippen molar-refractivity contribution in [1.29, 1.82) is 0 Å². The number of pyridine rings is 1. The van der Waals surface area contributed by atoms with Crippen molar-refractivity contribution in [1.82, 2.24) is 19.6 Å². The quantitative estimate of drug-likeness (QED) is 0.594. The minimum Gasteiger partial charge on any atom is -0.366 e. The molecule has 0 aliphatic heterocycles. The summed E-state index contributed by atoms with van der Waals surface area (Å²) in [6.45, 7) is 2.68. The molecular weight excluding hydrogens is 334 g/mol. The van der Waals surface area contributed by atoms with Gasteiger partial charge < -0.3 is 5.32 Å². The number of rotatable bonds is 4. The molecule has 0 bridgehead atoms. The molecule has 1 aromatic carbocycles. The Bertz CT molecular complexity index is 1030. The van der Waals surface area contributed by atoms with Crippen LogP contribution < -0.4 is 5.32 Å². The monoisotopic (exact) mass is 349 g/mol. The molecule has 0 aliphatic rings. The maximum atomic E-state index is 6.27. The molecular formula is C19H16ClN5. The van der Waals surface area contributed by atoms with Crippen molar-refractivity contribution >= 4 is 23.1 Å². The zero-order valence-corrected chi connectivity index (χ0v) is 14.4. The number of benzene rings is 1. The molecule has 4 rings (SSSR count). The highest BCUT2D eigenvalue weighted by Crippen LogP contribution is 2.29. The van der Waals surface area contributed by atoms with E-state index in [0.29, 0.717) is 6.54 Å². The van der Waals surface area contributed by atoms with Crippen LogP contribution in [0.4, 0.5) is 5.82 Å². The molecule has 0 saturated heterocycles. The fraction of sp³-hybridized carbons (Fsp3) is 0.105. The van der Waals surface area contributed by atoms with Gasteiger partial charge in [0, 0.05) is 41.7 Å². The van der Waals surface area contributed by atoms with Crippen LogP contribution in [0, 0.1) is 6.92 Å². The highest BCUT2D eigenvalue weighted by Gasteiger charge is 2.11. The molecule has 0 saturated carbocycles. The Morgan fingerprint density at radius 2 is 1.92 bits per heavy atom. The summed E-state index contributed by atoms with van der Waals surface area (Å²) in [5, 5.41) is 8.53. The van der Waals surface area contributed by atoms with Crippen LogP contribution in [-0.2, 0) is 6.54 Å². The van der Waals surface area contributed by atoms with Gasteiger partial charge in [0.05, 0.1) is 11.9 Å². The maximum Gasteiger partial charge on any atom is 0.157 e. The largest absolute Gasteiger partial charge is 0.366 e. The summed E-state index contributed by atoms with van der Waals surface area (Å²) in [5.41, 5.74) is 4.83. The van der Waals surface area contributed by atoms with Crippen LogP contribution in [0.3, 0.4) is 0 Å². The van der Waals surface area contributed by atoms with E-state index < -0.39 is 0 Å². The van der Waals surface area contributed by atoms with E-state index in [4.69, 9.17) is 16.6 Å². The van der Waals surface area contributed by atoms with Crippen molar-refractivity contribution < 1.29 is 0 Å². The number of halogens is 1. The molecule has 4 aromatic rings. The lowest BCUT2D eigenvalue weighted by Gasteiger charge is -2.12. The lowest BCUT2D eigenvalue weighted by Crippen LogP contribution is -2.07. The summed E-state index contributed by atoms with van der Waals surface area (Å²) in [6, 6.07) is 13.7. The molecule has 0 radical (unpaired) electrons. The fourth-order valence-corrected chi connectivity index (χ4v) is 2.93. The zero-order chi connectivity index (χ0) is 17.2. The van der Waals surface area contributed by atoms with Crippen molar-refractivity contribution in [2.24, 2.45) is 0 Å². The average molecular weight is 350 g/mol. The van der Waals surface area contributed by atoms with Crippen LogP contribution in [0.2, 0.25) is 5.02 Å². The van der Waals surface area contributed by atoms with Gasteiger partial charge in [-0.25, -0.2) is 4.98 Å². The van der Waals surface area contributed by atoms with Crippen LogP contribution in [0.15, 0.2) is 61.1 Å². The van der Waals surface area contributed by atoms with E-state index in [1.165, 1.54) is 0 Å². The van der Waals surface area contributed by atoms with Gasteiger partial charge >= 0.3 is 0 Å². The number of fused-ring (bicyclic) bond motifs is 1. The number of hydrogen-bond acceptors (Lipinski definition) is 4. The van der Waals surface area contributed by atoms with Crippen LogP contribution in [0.1, 0.15) is 11.1 Å². The van der Waals surface area contributed by atoms with E-state index in [1.54, 1.807) is 23.1 Å². The van der Waals surface area contributed by atoms with Crippen LogP contribution in [0.5, 0.6) is 0 Å². The van der Waals surface area contributed by atoms with E-state index in [-0.39, 0.29) is 0 Å². The first kappa shape index (κ1) is 15.6. The summed E-state index contributed by atoms with van der Waals surface area (Å²) in [5.74, 6) is 0.876. The smallest absolute Gasteiger partial charge is 0.157 e. The summed E-state index contributed by atoms with van der Waals surface area (Å²) < 4.78 is 1.80. The standard InChI is InChI=1S/C19H16ClN5/c1-13-15(3-2-4-16(13)20)17-11-19(25-18(24-17)7-10-23-25)22-12-14-5-8-21-9-6-14/h2-11,22H,12H2,1H3. The topological polar surface area (TPSA) is 55.1 Å². The maximum absolute atomic E-state index is 6.27. The van der Waals surface area contributed by atoms with Crippen molar-refractivity contribution in [3.63, 3.8) is 0 Å². The number of nitrogens with zero attached hydrogens (tertiary/aromatic N) is 4. The molecule has 3 heterocycles. The fourth-order valence-electron chi connectivity index (χ4n) is 2.76. The minimum absolute atomic E-state index is 0.676. The van der Waals surface area contributed by atoms with Gasteiger partial charge in [-0.15, -0.1) is 0 Å². The molecule has 0 unspecified atom stereocenters. The average Bonchev–Trinajstić information content (AvgIpc) is 3.11. The third kappa shape index (κ3) is 3.06. The Kier molecular flexibility index (Phi) is 4.07. The van der Waals surface area contributed by atoms with E-state index >= 15 is 0 Å². The normalized spacial score (nSPS) is 11.0. The zero-order valence-electron chi connectivity index (χ0n) is 13.6. The van der Waals surface area contributed by atoms with Crippen molar-refractivity contribution in [2.45, 2.75) is 13.5 Å². The van der Waals surface area contributed by atoms with Gasteiger partial charge in [0.25, 0.3) is 0 Å². The van der Waals surface area contributed by atoms with E-state index in [9.17, 15) is 0 Å². The Hall–Kier alpha value is -2.92. The summed E-state index contributed by atoms with van der Waals surface area (Å²) in [7, 11) is 0. The van der Waals surface area contributed by atoms with Gasteiger partial charge in [-0.3, -0.25) is 4.98 Å². The third-order valence-electron chi connectivity index (χ3n) is 4.13. The Labute approximate surface area is 150 Å². The van der Waals surface area contributed by atoms with Gasteiger partial charge in [0.2, 0.25) is 0 Å². The molecule has 5 nitrogen and oxygen atoms in total. The molecule has 25 heavy (non-hydrogen) atoms. The summed E-state index contributed by atoms with van der Waals surface area (Å²) in [4.78, 5) is 8.76. The Morgan fingerprint density at radius 1 is 1.08 bits per heavy atom. The molecule has 1 N–H and O–H groups in total.